The van der Waals surface area contributed by atoms with Crippen LogP contribution in [0, 0.1) is 0 Å². The maximum Gasteiger partial charge on any atom is 0.136 e. The molecule has 11 rings (SSSR count). The van der Waals surface area contributed by atoms with Crippen molar-refractivity contribution in [3.8, 4) is 55.8 Å². The molecule has 10 radical (unpaired) electrons. The molecule has 0 unspecified atom stereocenters. The summed E-state index contributed by atoms with van der Waals surface area (Å²) in [4.78, 5) is 0. The van der Waals surface area contributed by atoms with Crippen LogP contribution in [0.2, 0.25) is 0 Å². The zero-order valence-electron chi connectivity index (χ0n) is 31.8. The van der Waals surface area contributed by atoms with E-state index in [4.69, 9.17) is 43.6 Å². The molecule has 2 aromatic heterocycles. The van der Waals surface area contributed by atoms with Crippen molar-refractivity contribution in [2.75, 3.05) is 0 Å². The third-order valence-corrected chi connectivity index (χ3v) is 12.9. The highest BCUT2D eigenvalue weighted by Gasteiger charge is 2.23. The first-order valence-corrected chi connectivity index (χ1v) is 20.3. The number of hydrogen-bond donors (Lipinski definition) is 0. The minimum Gasteiger partial charge on any atom is -0.456 e. The van der Waals surface area contributed by atoms with Crippen LogP contribution in [-0.4, -0.2) is 39.2 Å². The Hall–Kier alpha value is -6.42. The average molecular weight is 754 g/mol. The standard InChI is InChI=1S/C52H27B5OS/c53-48-47(49(54)51(56)52(57)50(48)55)46-36-18-8-6-16-34(36)44(35-17-7-9-19-37(35)46)39-25-30(27-43-45(39)38-20-10-11-21-42(38)59-43)29-22-23-40-31(24-29)26-41(58-40)33-15-5-4-14-32(33)28-12-2-1-3-13-28/h1-27H. The fourth-order valence-corrected chi connectivity index (χ4v) is 10.1. The second-order valence-electron chi connectivity index (χ2n) is 15.1. The maximum absolute atomic E-state index is 6.79. The Morgan fingerprint density at radius 3 is 1.59 bits per heavy atom. The smallest absolute Gasteiger partial charge is 0.136 e. The Bertz CT molecular complexity index is 3430. The maximum atomic E-state index is 6.79. The van der Waals surface area contributed by atoms with Gasteiger partial charge >= 0.3 is 0 Å². The summed E-state index contributed by atoms with van der Waals surface area (Å²) in [5.41, 5.74) is 11.4. The Labute approximate surface area is 352 Å². The molecule has 9 aromatic carbocycles. The number of hydrogen-bond acceptors (Lipinski definition) is 2. The van der Waals surface area contributed by atoms with Crippen molar-refractivity contribution in [1.29, 1.82) is 0 Å². The highest BCUT2D eigenvalue weighted by Crippen LogP contribution is 2.49. The molecule has 0 aliphatic carbocycles. The molecule has 0 fully saturated rings. The van der Waals surface area contributed by atoms with Crippen LogP contribution in [-0.2, 0) is 0 Å². The summed E-state index contributed by atoms with van der Waals surface area (Å²) in [6.07, 6.45) is 0. The van der Waals surface area contributed by atoms with Crippen molar-refractivity contribution >= 4 is 131 Å². The third-order valence-electron chi connectivity index (χ3n) is 11.8. The van der Waals surface area contributed by atoms with E-state index in [2.05, 4.69) is 146 Å². The van der Waals surface area contributed by atoms with Gasteiger partial charge in [0.25, 0.3) is 0 Å². The summed E-state index contributed by atoms with van der Waals surface area (Å²) in [5, 5.41) is 7.52. The molecule has 7 heteroatoms. The molecule has 59 heavy (non-hydrogen) atoms. The molecule has 2 heterocycles. The van der Waals surface area contributed by atoms with E-state index < -0.39 is 0 Å². The number of thiophene rings is 1. The molecule has 0 spiro atoms. The van der Waals surface area contributed by atoms with Crippen molar-refractivity contribution in [3.63, 3.8) is 0 Å². The Balaban J connectivity index is 1.17. The highest BCUT2D eigenvalue weighted by molar-refractivity contribution is 7.26. The van der Waals surface area contributed by atoms with Gasteiger partial charge in [-0.2, -0.15) is 0 Å². The number of fused-ring (bicyclic) bond motifs is 6. The van der Waals surface area contributed by atoms with Crippen LogP contribution in [0.4, 0.5) is 0 Å². The van der Waals surface area contributed by atoms with Crippen molar-refractivity contribution < 1.29 is 4.42 Å². The van der Waals surface area contributed by atoms with Crippen molar-refractivity contribution in [2.24, 2.45) is 0 Å². The Morgan fingerprint density at radius 1 is 0.356 bits per heavy atom. The lowest BCUT2D eigenvalue weighted by atomic mass is 9.59. The van der Waals surface area contributed by atoms with Crippen LogP contribution in [0.5, 0.6) is 0 Å². The highest BCUT2D eigenvalue weighted by atomic mass is 32.1. The summed E-state index contributed by atoms with van der Waals surface area (Å²) in [6, 6.07) is 57.7. The fourth-order valence-electron chi connectivity index (χ4n) is 8.95. The second-order valence-corrected chi connectivity index (χ2v) is 16.1. The third kappa shape index (κ3) is 5.59. The lowest BCUT2D eigenvalue weighted by Crippen LogP contribution is -2.55. The molecule has 0 saturated heterocycles. The predicted octanol–water partition coefficient (Wildman–Crippen LogP) is 9.41. The summed E-state index contributed by atoms with van der Waals surface area (Å²) in [5.74, 6) is 0.834. The topological polar surface area (TPSA) is 13.1 Å². The van der Waals surface area contributed by atoms with Gasteiger partial charge in [-0.1, -0.05) is 138 Å². The van der Waals surface area contributed by atoms with E-state index in [1.165, 1.54) is 20.2 Å². The van der Waals surface area contributed by atoms with Gasteiger partial charge in [0, 0.05) is 31.1 Å². The van der Waals surface area contributed by atoms with Crippen LogP contribution in [0.1, 0.15) is 0 Å². The molecule has 0 N–H and O–H groups in total. The molecule has 1 nitrogen and oxygen atoms in total. The fraction of sp³-hybridized carbons (Fsp3) is 0. The van der Waals surface area contributed by atoms with Crippen molar-refractivity contribution in [1.82, 2.24) is 0 Å². The lowest BCUT2D eigenvalue weighted by molar-refractivity contribution is 0.632. The zero-order valence-corrected chi connectivity index (χ0v) is 32.6. The molecule has 0 saturated carbocycles. The van der Waals surface area contributed by atoms with Gasteiger partial charge in [-0.05, 0) is 102 Å². The van der Waals surface area contributed by atoms with Gasteiger partial charge in [0.15, 0.2) is 0 Å². The van der Waals surface area contributed by atoms with E-state index in [0.717, 1.165) is 82.8 Å². The molecule has 0 aliphatic heterocycles. The average Bonchev–Trinajstić information content (AvgIpc) is 3.89. The molecule has 0 aliphatic rings. The lowest BCUT2D eigenvalue weighted by Gasteiger charge is -2.25. The minimum absolute atomic E-state index is 0.194. The van der Waals surface area contributed by atoms with E-state index in [-0.39, 0.29) is 16.4 Å². The van der Waals surface area contributed by atoms with Crippen LogP contribution in [0.25, 0.3) is 109 Å². The molecular weight excluding hydrogens is 727 g/mol. The molecule has 262 valence electrons. The summed E-state index contributed by atoms with van der Waals surface area (Å²) in [6.45, 7) is 0. The monoisotopic (exact) mass is 754 g/mol. The zero-order chi connectivity index (χ0) is 39.9. The molecule has 0 atom stereocenters. The largest absolute Gasteiger partial charge is 0.456 e. The SMILES string of the molecule is [B]c1c([B])c([B])c(-c2c3ccccc3c(-c3cc(-c4ccc5oc(-c6ccccc6-c6ccccc6)cc5c4)cc4sc5ccccc5c34)c3ccccc23)c([B])c1[B]. The summed E-state index contributed by atoms with van der Waals surface area (Å²) < 4.78 is 8.98. The van der Waals surface area contributed by atoms with Gasteiger partial charge in [0.1, 0.15) is 50.6 Å². The first-order valence-electron chi connectivity index (χ1n) is 19.5. The van der Waals surface area contributed by atoms with E-state index in [1.807, 2.05) is 29.5 Å². The normalized spacial score (nSPS) is 11.7. The van der Waals surface area contributed by atoms with Gasteiger partial charge < -0.3 is 4.42 Å². The first kappa shape index (κ1) is 35.7. The van der Waals surface area contributed by atoms with Crippen molar-refractivity contribution in [2.45, 2.75) is 0 Å². The van der Waals surface area contributed by atoms with E-state index >= 15 is 0 Å². The van der Waals surface area contributed by atoms with E-state index in [9.17, 15) is 0 Å². The number of furan rings is 1. The van der Waals surface area contributed by atoms with Gasteiger partial charge in [0.05, 0.1) is 0 Å². The van der Waals surface area contributed by atoms with E-state index in [0.29, 0.717) is 16.5 Å². The summed E-state index contributed by atoms with van der Waals surface area (Å²) >= 11 is 1.81. The second kappa shape index (κ2) is 13.9. The number of rotatable bonds is 5. The summed E-state index contributed by atoms with van der Waals surface area (Å²) in [7, 11) is 32.8. The van der Waals surface area contributed by atoms with Crippen LogP contribution >= 0.6 is 11.3 Å². The predicted molar refractivity (Wildman–Crippen MR) is 258 cm³/mol. The van der Waals surface area contributed by atoms with Gasteiger partial charge in [-0.15, -0.1) is 27.7 Å². The van der Waals surface area contributed by atoms with Gasteiger partial charge in [-0.25, -0.2) is 0 Å². The van der Waals surface area contributed by atoms with Crippen LogP contribution in [0.15, 0.2) is 168 Å². The minimum atomic E-state index is 0.194. The quantitative estimate of drug-likeness (QED) is 0.126. The van der Waals surface area contributed by atoms with E-state index in [1.54, 1.807) is 0 Å². The van der Waals surface area contributed by atoms with Gasteiger partial charge in [-0.3, -0.25) is 0 Å². The Morgan fingerprint density at radius 2 is 0.915 bits per heavy atom. The van der Waals surface area contributed by atoms with Gasteiger partial charge in [0.2, 0.25) is 0 Å². The first-order chi connectivity index (χ1) is 28.9. The van der Waals surface area contributed by atoms with Crippen LogP contribution < -0.4 is 27.3 Å². The molecule has 11 aromatic rings. The molecule has 0 amide bonds. The van der Waals surface area contributed by atoms with Crippen molar-refractivity contribution in [3.05, 3.63) is 164 Å². The van der Waals surface area contributed by atoms with Crippen LogP contribution in [0.3, 0.4) is 0 Å². The molecule has 0 bridgehead atoms. The molecular formula is C52H27B5OS. The number of benzene rings is 9. The Kier molecular flexibility index (Phi) is 8.39.